The van der Waals surface area contributed by atoms with Crippen LogP contribution in [-0.2, 0) is 4.74 Å². The highest BCUT2D eigenvalue weighted by atomic mass is 16.5. The van der Waals surface area contributed by atoms with Gasteiger partial charge in [0.25, 0.3) is 0 Å². The van der Waals surface area contributed by atoms with E-state index >= 15 is 0 Å². The smallest absolute Gasteiger partial charge is 0.209 e. The van der Waals surface area contributed by atoms with Crippen molar-refractivity contribution in [2.24, 2.45) is 10.7 Å². The molecule has 0 unspecified atom stereocenters. The molecule has 1 rings (SSSR count). The van der Waals surface area contributed by atoms with Gasteiger partial charge in [0, 0.05) is 0 Å². The maximum atomic E-state index is 8.64. The Hall–Kier alpha value is -1.70. The molecule has 0 bridgehead atoms. The number of rotatable bonds is 2. The zero-order valence-electron chi connectivity index (χ0n) is 6.79. The van der Waals surface area contributed by atoms with Gasteiger partial charge < -0.3 is 10.5 Å². The van der Waals surface area contributed by atoms with Crippen molar-refractivity contribution in [3.63, 3.8) is 0 Å². The largest absolute Gasteiger partial charge is 0.478 e. The third-order valence-corrected chi connectivity index (χ3v) is 1.35. The molecular formula is C7H10N4O. The van der Waals surface area contributed by atoms with Crippen LogP contribution in [0.2, 0.25) is 0 Å². The van der Waals surface area contributed by atoms with Gasteiger partial charge in [-0.2, -0.15) is 5.26 Å². The first kappa shape index (κ1) is 8.40. The fourth-order valence-electron chi connectivity index (χ4n) is 0.821. The van der Waals surface area contributed by atoms with Crippen molar-refractivity contribution in [3.05, 3.63) is 11.5 Å². The Labute approximate surface area is 70.5 Å². The predicted octanol–water partition coefficient (Wildman–Crippen LogP) is -0.324. The van der Waals surface area contributed by atoms with Crippen molar-refractivity contribution < 1.29 is 4.74 Å². The van der Waals surface area contributed by atoms with Crippen LogP contribution in [0.25, 0.3) is 0 Å². The second-order valence-electron chi connectivity index (χ2n) is 2.18. The predicted molar refractivity (Wildman–Crippen MR) is 43.9 cm³/mol. The number of aliphatic imine (C=N–C) groups is 1. The number of hydrogen-bond donors (Lipinski definition) is 2. The molecule has 0 aliphatic carbocycles. The summed E-state index contributed by atoms with van der Waals surface area (Å²) in [6, 6.07) is 1.99. The molecule has 0 radical (unpaired) electrons. The summed E-state index contributed by atoms with van der Waals surface area (Å²) in [6.45, 7) is 2.64. The minimum atomic E-state index is 0.289. The van der Waals surface area contributed by atoms with E-state index in [0.717, 1.165) is 0 Å². The summed E-state index contributed by atoms with van der Waals surface area (Å²) in [7, 11) is 0. The van der Waals surface area contributed by atoms with Gasteiger partial charge in [0.15, 0.2) is 5.96 Å². The maximum Gasteiger partial charge on any atom is 0.209 e. The van der Waals surface area contributed by atoms with Crippen molar-refractivity contribution in [2.75, 3.05) is 13.2 Å². The number of nitrogens with one attached hydrogen (secondary N) is 1. The number of hydrogen-bond acceptors (Lipinski definition) is 5. The van der Waals surface area contributed by atoms with Crippen LogP contribution < -0.4 is 11.1 Å². The molecule has 0 saturated heterocycles. The van der Waals surface area contributed by atoms with Crippen LogP contribution >= 0.6 is 0 Å². The van der Waals surface area contributed by atoms with Crippen LogP contribution in [0.1, 0.15) is 6.92 Å². The van der Waals surface area contributed by atoms with E-state index in [-0.39, 0.29) is 5.96 Å². The summed E-state index contributed by atoms with van der Waals surface area (Å²) in [5.74, 6) is 0.713. The number of nitrogens with zero attached hydrogens (tertiary/aromatic N) is 2. The summed E-state index contributed by atoms with van der Waals surface area (Å²) >= 11 is 0. The van der Waals surface area contributed by atoms with Gasteiger partial charge in [-0.05, 0) is 6.92 Å². The summed E-state index contributed by atoms with van der Waals surface area (Å²) in [6.07, 6.45) is 0. The van der Waals surface area contributed by atoms with E-state index in [4.69, 9.17) is 15.7 Å². The third kappa shape index (κ3) is 1.66. The number of guanidine groups is 1. The molecular weight excluding hydrogens is 156 g/mol. The quantitative estimate of drug-likeness (QED) is 0.588. The van der Waals surface area contributed by atoms with Gasteiger partial charge in [0.2, 0.25) is 5.88 Å². The first-order valence-corrected chi connectivity index (χ1v) is 3.61. The van der Waals surface area contributed by atoms with Crippen LogP contribution in [0.15, 0.2) is 16.4 Å². The molecule has 64 valence electrons. The van der Waals surface area contributed by atoms with E-state index in [1.165, 1.54) is 0 Å². The van der Waals surface area contributed by atoms with Crippen LogP contribution in [-0.4, -0.2) is 19.1 Å². The third-order valence-electron chi connectivity index (χ3n) is 1.35. The molecule has 0 atom stereocenters. The Bertz CT molecular complexity index is 274. The zero-order chi connectivity index (χ0) is 8.97. The van der Waals surface area contributed by atoms with Crippen LogP contribution in [0.5, 0.6) is 0 Å². The standard InChI is InChI=1S/C7H10N4O/c1-2-12-6-5(3-8)4-10-7(9)11-6/h2,4H2,1H3,(H3,9,10,11). The van der Waals surface area contributed by atoms with E-state index in [1.54, 1.807) is 0 Å². The van der Waals surface area contributed by atoms with Crippen LogP contribution in [0.4, 0.5) is 0 Å². The normalized spacial score (nSPS) is 16.2. The maximum absolute atomic E-state index is 8.64. The molecule has 0 amide bonds. The lowest BCUT2D eigenvalue weighted by molar-refractivity contribution is 0.212. The topological polar surface area (TPSA) is 83.4 Å². The zero-order valence-corrected chi connectivity index (χ0v) is 6.79. The second kappa shape index (κ2) is 3.62. The van der Waals surface area contributed by atoms with E-state index in [9.17, 15) is 0 Å². The number of ether oxygens (including phenoxy) is 1. The molecule has 5 nitrogen and oxygen atoms in total. The average Bonchev–Trinajstić information content (AvgIpc) is 2.05. The van der Waals surface area contributed by atoms with Gasteiger partial charge in [-0.1, -0.05) is 0 Å². The molecule has 3 N–H and O–H groups in total. The lowest BCUT2D eigenvalue weighted by Crippen LogP contribution is -2.36. The Morgan fingerprint density at radius 2 is 2.58 bits per heavy atom. The Balaban J connectivity index is 2.75. The first-order chi connectivity index (χ1) is 5.77. The lowest BCUT2D eigenvalue weighted by Gasteiger charge is -2.15. The van der Waals surface area contributed by atoms with Crippen molar-refractivity contribution in [3.8, 4) is 6.07 Å². The fraction of sp³-hybridized carbons (Fsp3) is 0.429. The minimum absolute atomic E-state index is 0.289. The highest BCUT2D eigenvalue weighted by Crippen LogP contribution is 2.06. The number of nitrogens with two attached hydrogens (primary N) is 1. The highest BCUT2D eigenvalue weighted by Gasteiger charge is 2.13. The van der Waals surface area contributed by atoms with Crippen LogP contribution in [0, 0.1) is 11.3 Å². The van der Waals surface area contributed by atoms with Crippen molar-refractivity contribution in [1.82, 2.24) is 5.32 Å². The Kier molecular flexibility index (Phi) is 2.53. The van der Waals surface area contributed by atoms with Crippen LogP contribution in [0.3, 0.4) is 0 Å². The molecule has 1 aliphatic rings. The van der Waals surface area contributed by atoms with E-state index in [0.29, 0.717) is 24.6 Å². The van der Waals surface area contributed by atoms with E-state index < -0.39 is 0 Å². The van der Waals surface area contributed by atoms with E-state index in [1.807, 2.05) is 13.0 Å². The van der Waals surface area contributed by atoms with E-state index in [2.05, 4.69) is 10.3 Å². The molecule has 0 aromatic heterocycles. The average molecular weight is 166 g/mol. The fourth-order valence-corrected chi connectivity index (χ4v) is 0.821. The molecule has 12 heavy (non-hydrogen) atoms. The SMILES string of the molecule is CCOC1=C(C#N)CN=C(N)N1. The molecule has 0 fully saturated rings. The molecule has 1 heterocycles. The first-order valence-electron chi connectivity index (χ1n) is 3.61. The summed E-state index contributed by atoms with van der Waals surface area (Å²) in [5.41, 5.74) is 5.87. The van der Waals surface area contributed by atoms with Crippen molar-refractivity contribution >= 4 is 5.96 Å². The summed E-state index contributed by atoms with van der Waals surface area (Å²) in [5, 5.41) is 11.3. The van der Waals surface area contributed by atoms with Gasteiger partial charge in [-0.25, -0.2) is 4.99 Å². The van der Waals surface area contributed by atoms with Gasteiger partial charge in [0.1, 0.15) is 11.6 Å². The van der Waals surface area contributed by atoms with Crippen molar-refractivity contribution in [1.29, 1.82) is 5.26 Å². The molecule has 0 aromatic carbocycles. The molecule has 0 aromatic rings. The van der Waals surface area contributed by atoms with Gasteiger partial charge in [0.05, 0.1) is 13.2 Å². The molecule has 1 aliphatic heterocycles. The minimum Gasteiger partial charge on any atom is -0.478 e. The van der Waals surface area contributed by atoms with Gasteiger partial charge in [-0.15, -0.1) is 0 Å². The highest BCUT2D eigenvalue weighted by molar-refractivity contribution is 5.81. The summed E-state index contributed by atoms with van der Waals surface area (Å²) in [4.78, 5) is 3.84. The second-order valence-corrected chi connectivity index (χ2v) is 2.18. The molecule has 5 heteroatoms. The Morgan fingerprint density at radius 3 is 3.17 bits per heavy atom. The monoisotopic (exact) mass is 166 g/mol. The summed E-state index contributed by atoms with van der Waals surface area (Å²) < 4.78 is 5.14. The molecule has 0 spiro atoms. The number of nitriles is 1. The van der Waals surface area contributed by atoms with Gasteiger partial charge in [-0.3, -0.25) is 5.32 Å². The van der Waals surface area contributed by atoms with Crippen molar-refractivity contribution in [2.45, 2.75) is 6.92 Å². The Morgan fingerprint density at radius 1 is 1.83 bits per heavy atom. The van der Waals surface area contributed by atoms with Gasteiger partial charge >= 0.3 is 0 Å². The lowest BCUT2D eigenvalue weighted by atomic mass is 10.3. The molecule has 0 saturated carbocycles.